The van der Waals surface area contributed by atoms with Gasteiger partial charge in [0.05, 0.1) is 25.7 Å². The van der Waals surface area contributed by atoms with E-state index >= 15 is 0 Å². The molecular formula is C17H28O5. The molecule has 5 heteroatoms. The van der Waals surface area contributed by atoms with Crippen LogP contribution in [0.4, 0.5) is 0 Å². The third-order valence-corrected chi connectivity index (χ3v) is 5.51. The minimum absolute atomic E-state index is 0.0750. The fourth-order valence-corrected chi connectivity index (χ4v) is 4.32. The maximum absolute atomic E-state index is 11.5. The molecule has 0 unspecified atom stereocenters. The lowest BCUT2D eigenvalue weighted by molar-refractivity contribution is -0.171. The van der Waals surface area contributed by atoms with Crippen molar-refractivity contribution in [3.63, 3.8) is 0 Å². The zero-order valence-electron chi connectivity index (χ0n) is 13.5. The number of hydrogen-bond donors (Lipinski definition) is 1. The minimum atomic E-state index is -0.462. The van der Waals surface area contributed by atoms with Crippen molar-refractivity contribution < 1.29 is 24.1 Å². The van der Waals surface area contributed by atoms with E-state index in [1.165, 1.54) is 12.8 Å². The van der Waals surface area contributed by atoms with E-state index in [0.717, 1.165) is 25.7 Å². The molecule has 2 saturated heterocycles. The first-order valence-electron chi connectivity index (χ1n) is 8.79. The molecule has 0 amide bonds. The molecule has 3 rings (SSSR count). The van der Waals surface area contributed by atoms with E-state index in [2.05, 4.69) is 6.92 Å². The van der Waals surface area contributed by atoms with Crippen molar-refractivity contribution in [2.45, 2.75) is 76.3 Å². The van der Waals surface area contributed by atoms with Gasteiger partial charge in [0.1, 0.15) is 6.10 Å². The zero-order chi connectivity index (χ0) is 15.6. The Morgan fingerprint density at radius 2 is 2.00 bits per heavy atom. The van der Waals surface area contributed by atoms with Crippen molar-refractivity contribution in [3.05, 3.63) is 0 Å². The lowest BCUT2D eigenvalue weighted by Gasteiger charge is -2.30. The van der Waals surface area contributed by atoms with Crippen LogP contribution in [0.2, 0.25) is 0 Å². The molecule has 3 fully saturated rings. The SMILES string of the molecule is CCCCCC1(CC[C@@H]2[C@H]3CC(=O)O[C@H]3C[C@@H]2O)OCCO1. The maximum atomic E-state index is 11.5. The quantitative estimate of drug-likeness (QED) is 0.577. The van der Waals surface area contributed by atoms with Crippen molar-refractivity contribution in [1.29, 1.82) is 0 Å². The Labute approximate surface area is 132 Å². The molecule has 3 aliphatic rings. The summed E-state index contributed by atoms with van der Waals surface area (Å²) >= 11 is 0. The second-order valence-electron chi connectivity index (χ2n) is 6.97. The average Bonchev–Trinajstić information content (AvgIpc) is 3.13. The van der Waals surface area contributed by atoms with Gasteiger partial charge in [-0.15, -0.1) is 0 Å². The van der Waals surface area contributed by atoms with Gasteiger partial charge < -0.3 is 19.3 Å². The summed E-state index contributed by atoms with van der Waals surface area (Å²) in [5, 5.41) is 10.3. The molecule has 1 N–H and O–H groups in total. The van der Waals surface area contributed by atoms with E-state index in [1.54, 1.807) is 0 Å². The highest BCUT2D eigenvalue weighted by molar-refractivity contribution is 5.72. The summed E-state index contributed by atoms with van der Waals surface area (Å²) in [7, 11) is 0. The Hall–Kier alpha value is -0.650. The van der Waals surface area contributed by atoms with Crippen LogP contribution in [0.3, 0.4) is 0 Å². The zero-order valence-corrected chi connectivity index (χ0v) is 13.5. The van der Waals surface area contributed by atoms with Gasteiger partial charge in [0.15, 0.2) is 5.79 Å². The maximum Gasteiger partial charge on any atom is 0.306 e. The van der Waals surface area contributed by atoms with E-state index in [1.807, 2.05) is 0 Å². The number of carbonyl (C=O) groups is 1. The number of fused-ring (bicyclic) bond motifs is 1. The summed E-state index contributed by atoms with van der Waals surface area (Å²) in [5.41, 5.74) is 0. The highest BCUT2D eigenvalue weighted by atomic mass is 16.7. The third kappa shape index (κ3) is 3.31. The van der Waals surface area contributed by atoms with Gasteiger partial charge in [-0.25, -0.2) is 0 Å². The van der Waals surface area contributed by atoms with E-state index in [9.17, 15) is 9.90 Å². The summed E-state index contributed by atoms with van der Waals surface area (Å²) in [6.07, 6.45) is 6.65. The average molecular weight is 312 g/mol. The number of aliphatic hydroxyl groups is 1. The van der Waals surface area contributed by atoms with Crippen molar-refractivity contribution in [1.82, 2.24) is 0 Å². The Morgan fingerprint density at radius 3 is 2.73 bits per heavy atom. The molecular weight excluding hydrogens is 284 g/mol. The number of rotatable bonds is 7. The first-order valence-corrected chi connectivity index (χ1v) is 8.79. The Kier molecular flexibility index (Phi) is 5.05. The molecule has 4 atom stereocenters. The van der Waals surface area contributed by atoms with Crippen LogP contribution >= 0.6 is 0 Å². The molecule has 126 valence electrons. The number of hydrogen-bond acceptors (Lipinski definition) is 5. The van der Waals surface area contributed by atoms with E-state index in [4.69, 9.17) is 14.2 Å². The summed E-state index contributed by atoms with van der Waals surface area (Å²) in [4.78, 5) is 11.5. The number of ether oxygens (including phenoxy) is 3. The van der Waals surface area contributed by atoms with Crippen LogP contribution in [0.1, 0.15) is 58.3 Å². The van der Waals surface area contributed by atoms with Crippen LogP contribution in [0.5, 0.6) is 0 Å². The highest BCUT2D eigenvalue weighted by Crippen LogP contribution is 2.45. The molecule has 22 heavy (non-hydrogen) atoms. The van der Waals surface area contributed by atoms with Gasteiger partial charge in [-0.1, -0.05) is 19.8 Å². The first kappa shape index (κ1) is 16.2. The Morgan fingerprint density at radius 1 is 1.23 bits per heavy atom. The van der Waals surface area contributed by atoms with Crippen LogP contribution in [0.15, 0.2) is 0 Å². The molecule has 2 heterocycles. The van der Waals surface area contributed by atoms with Crippen LogP contribution in [0.25, 0.3) is 0 Å². The van der Waals surface area contributed by atoms with Crippen LogP contribution in [-0.4, -0.2) is 42.3 Å². The van der Waals surface area contributed by atoms with Crippen molar-refractivity contribution >= 4 is 5.97 Å². The van der Waals surface area contributed by atoms with Gasteiger partial charge in [-0.05, 0) is 18.8 Å². The molecule has 1 saturated carbocycles. The smallest absolute Gasteiger partial charge is 0.306 e. The van der Waals surface area contributed by atoms with Crippen molar-refractivity contribution in [2.24, 2.45) is 11.8 Å². The first-order chi connectivity index (χ1) is 10.6. The second-order valence-corrected chi connectivity index (χ2v) is 6.97. The third-order valence-electron chi connectivity index (χ3n) is 5.51. The van der Waals surface area contributed by atoms with Crippen molar-refractivity contribution in [2.75, 3.05) is 13.2 Å². The summed E-state index contributed by atoms with van der Waals surface area (Å²) in [5.74, 6) is -0.266. The van der Waals surface area contributed by atoms with Crippen molar-refractivity contribution in [3.8, 4) is 0 Å². The predicted molar refractivity (Wildman–Crippen MR) is 80.1 cm³/mol. The van der Waals surface area contributed by atoms with Crippen LogP contribution < -0.4 is 0 Å². The number of carbonyl (C=O) groups excluding carboxylic acids is 1. The van der Waals surface area contributed by atoms with Gasteiger partial charge in [0.2, 0.25) is 0 Å². The largest absolute Gasteiger partial charge is 0.462 e. The van der Waals surface area contributed by atoms with E-state index < -0.39 is 5.79 Å². The molecule has 5 nitrogen and oxygen atoms in total. The van der Waals surface area contributed by atoms with Crippen LogP contribution in [-0.2, 0) is 19.0 Å². The Bertz CT molecular complexity index is 391. The van der Waals surface area contributed by atoms with E-state index in [0.29, 0.717) is 26.1 Å². The molecule has 0 spiro atoms. The number of unbranched alkanes of at least 4 members (excludes halogenated alkanes) is 2. The molecule has 0 aromatic carbocycles. The minimum Gasteiger partial charge on any atom is -0.462 e. The fourth-order valence-electron chi connectivity index (χ4n) is 4.32. The summed E-state index contributed by atoms with van der Waals surface area (Å²) in [6, 6.07) is 0. The lowest BCUT2D eigenvalue weighted by Crippen LogP contribution is -2.32. The molecule has 0 aromatic rings. The molecule has 1 aliphatic carbocycles. The highest BCUT2D eigenvalue weighted by Gasteiger charge is 2.50. The van der Waals surface area contributed by atoms with E-state index in [-0.39, 0.29) is 30.0 Å². The molecule has 0 radical (unpaired) electrons. The topological polar surface area (TPSA) is 65.0 Å². The predicted octanol–water partition coefficient (Wildman–Crippen LogP) is 2.40. The van der Waals surface area contributed by atoms with Gasteiger partial charge in [-0.3, -0.25) is 4.79 Å². The fraction of sp³-hybridized carbons (Fsp3) is 0.941. The Balaban J connectivity index is 1.56. The molecule has 2 aliphatic heterocycles. The second kappa shape index (κ2) is 6.85. The summed E-state index contributed by atoms with van der Waals surface area (Å²) in [6.45, 7) is 3.51. The van der Waals surface area contributed by atoms with Gasteiger partial charge >= 0.3 is 5.97 Å². The summed E-state index contributed by atoms with van der Waals surface area (Å²) < 4.78 is 17.1. The molecule has 0 aromatic heterocycles. The van der Waals surface area contributed by atoms with Gasteiger partial charge in [0.25, 0.3) is 0 Å². The lowest BCUT2D eigenvalue weighted by atomic mass is 9.86. The normalized spacial score (nSPS) is 36.5. The molecule has 0 bridgehead atoms. The number of aliphatic hydroxyl groups excluding tert-OH is 1. The monoisotopic (exact) mass is 312 g/mol. The standard InChI is InChI=1S/C17H28O5/c1-2-3-4-6-17(20-8-9-21-17)7-5-12-13-10-16(19)22-15(13)11-14(12)18/h12-15,18H,2-11H2,1H3/t12-,13-,14+,15+/m1/s1. The van der Waals surface area contributed by atoms with Gasteiger partial charge in [-0.2, -0.15) is 0 Å². The van der Waals surface area contributed by atoms with Crippen LogP contribution in [0, 0.1) is 11.8 Å². The number of esters is 1. The van der Waals surface area contributed by atoms with Gasteiger partial charge in [0, 0.05) is 25.2 Å².